The summed E-state index contributed by atoms with van der Waals surface area (Å²) >= 11 is 0. The number of aliphatic hydroxyl groups excluding tert-OH is 1. The summed E-state index contributed by atoms with van der Waals surface area (Å²) in [5.41, 5.74) is 0. The van der Waals surface area contributed by atoms with Crippen LogP contribution in [0.15, 0.2) is 0 Å². The molecule has 1 N–H and O–H groups in total. The zero-order valence-electron chi connectivity index (χ0n) is 11.0. The molecule has 0 atom stereocenters. The largest absolute Gasteiger partial charge is 0.394 e. The van der Waals surface area contributed by atoms with E-state index in [4.69, 9.17) is 9.84 Å². The lowest BCUT2D eigenvalue weighted by molar-refractivity contribution is -0.138. The molecule has 1 aliphatic heterocycles. The summed E-state index contributed by atoms with van der Waals surface area (Å²) in [6.07, 6.45) is 3.86. The van der Waals surface area contributed by atoms with Gasteiger partial charge in [0.1, 0.15) is 0 Å². The summed E-state index contributed by atoms with van der Waals surface area (Å²) in [5, 5.41) is 8.68. The monoisotopic (exact) mass is 243 g/mol. The number of aliphatic hydroxyl groups is 1. The molecule has 1 fully saturated rings. The Hall–Kier alpha value is -0.610. The number of carbonyl (C=O) groups is 1. The van der Waals surface area contributed by atoms with E-state index in [2.05, 4.69) is 13.8 Å². The molecular weight excluding hydrogens is 218 g/mol. The van der Waals surface area contributed by atoms with E-state index < -0.39 is 0 Å². The molecule has 1 rings (SSSR count). The van der Waals surface area contributed by atoms with E-state index in [0.29, 0.717) is 12.5 Å². The molecule has 0 bridgehead atoms. The Morgan fingerprint density at radius 3 is 2.41 bits per heavy atom. The topological polar surface area (TPSA) is 49.8 Å². The Kier molecular flexibility index (Phi) is 6.52. The molecule has 0 radical (unpaired) electrons. The summed E-state index contributed by atoms with van der Waals surface area (Å²) in [5.74, 6) is 0.487. The highest BCUT2D eigenvalue weighted by Gasteiger charge is 2.26. The highest BCUT2D eigenvalue weighted by molar-refractivity contribution is 5.78. The SMILES string of the molecule is CCC(CC)C(=O)N1CCC(OCCO)CC1. The lowest BCUT2D eigenvalue weighted by Gasteiger charge is -2.33. The van der Waals surface area contributed by atoms with Gasteiger partial charge in [-0.05, 0) is 25.7 Å². The molecule has 0 spiro atoms. The Labute approximate surface area is 104 Å². The number of piperidine rings is 1. The maximum atomic E-state index is 12.1. The smallest absolute Gasteiger partial charge is 0.225 e. The van der Waals surface area contributed by atoms with E-state index in [0.717, 1.165) is 38.8 Å². The first-order valence-corrected chi connectivity index (χ1v) is 6.74. The van der Waals surface area contributed by atoms with Gasteiger partial charge in [-0.3, -0.25) is 4.79 Å². The zero-order valence-corrected chi connectivity index (χ0v) is 11.0. The molecule has 1 aliphatic rings. The van der Waals surface area contributed by atoms with Gasteiger partial charge in [0.15, 0.2) is 0 Å². The molecule has 4 heteroatoms. The normalized spacial score (nSPS) is 17.8. The van der Waals surface area contributed by atoms with Gasteiger partial charge < -0.3 is 14.7 Å². The Morgan fingerprint density at radius 1 is 1.35 bits per heavy atom. The zero-order chi connectivity index (χ0) is 12.7. The van der Waals surface area contributed by atoms with Crippen LogP contribution in [-0.2, 0) is 9.53 Å². The van der Waals surface area contributed by atoms with Crippen LogP contribution in [0, 0.1) is 5.92 Å². The third-order valence-electron chi connectivity index (χ3n) is 3.53. The number of likely N-dealkylation sites (tertiary alicyclic amines) is 1. The second-order valence-corrected chi connectivity index (χ2v) is 4.63. The molecule has 0 aromatic carbocycles. The minimum absolute atomic E-state index is 0.0763. The van der Waals surface area contributed by atoms with Gasteiger partial charge in [0.2, 0.25) is 5.91 Å². The fraction of sp³-hybridized carbons (Fsp3) is 0.923. The van der Waals surface area contributed by atoms with Crippen molar-refractivity contribution >= 4 is 5.91 Å². The lowest BCUT2D eigenvalue weighted by atomic mass is 9.99. The highest BCUT2D eigenvalue weighted by atomic mass is 16.5. The maximum absolute atomic E-state index is 12.1. The number of amides is 1. The Morgan fingerprint density at radius 2 is 1.94 bits per heavy atom. The molecular formula is C13H25NO3. The molecule has 1 amide bonds. The van der Waals surface area contributed by atoms with Gasteiger partial charge in [-0.15, -0.1) is 0 Å². The molecule has 100 valence electrons. The van der Waals surface area contributed by atoms with Crippen molar-refractivity contribution in [1.82, 2.24) is 4.90 Å². The van der Waals surface area contributed by atoms with E-state index in [1.807, 2.05) is 4.90 Å². The molecule has 0 aromatic rings. The van der Waals surface area contributed by atoms with Crippen LogP contribution >= 0.6 is 0 Å². The summed E-state index contributed by atoms with van der Waals surface area (Å²) in [7, 11) is 0. The van der Waals surface area contributed by atoms with Crippen molar-refractivity contribution in [2.24, 2.45) is 5.92 Å². The van der Waals surface area contributed by atoms with Crippen LogP contribution in [0.5, 0.6) is 0 Å². The number of nitrogens with zero attached hydrogens (tertiary/aromatic N) is 1. The molecule has 4 nitrogen and oxygen atoms in total. The van der Waals surface area contributed by atoms with Crippen LogP contribution in [0.1, 0.15) is 39.5 Å². The van der Waals surface area contributed by atoms with Crippen LogP contribution in [0.4, 0.5) is 0 Å². The fourth-order valence-electron chi connectivity index (χ4n) is 2.36. The van der Waals surface area contributed by atoms with E-state index in [1.165, 1.54) is 0 Å². The summed E-state index contributed by atoms with van der Waals surface area (Å²) in [6, 6.07) is 0. The number of hydrogen-bond donors (Lipinski definition) is 1. The van der Waals surface area contributed by atoms with Crippen molar-refractivity contribution in [3.8, 4) is 0 Å². The third kappa shape index (κ3) is 4.28. The van der Waals surface area contributed by atoms with Gasteiger partial charge in [0.25, 0.3) is 0 Å². The van der Waals surface area contributed by atoms with Gasteiger partial charge >= 0.3 is 0 Å². The van der Waals surface area contributed by atoms with Crippen molar-refractivity contribution in [2.75, 3.05) is 26.3 Å². The molecule has 1 heterocycles. The number of hydrogen-bond acceptors (Lipinski definition) is 3. The van der Waals surface area contributed by atoms with E-state index in [9.17, 15) is 4.79 Å². The third-order valence-corrected chi connectivity index (χ3v) is 3.53. The average Bonchev–Trinajstić information content (AvgIpc) is 2.38. The van der Waals surface area contributed by atoms with Gasteiger partial charge in [0, 0.05) is 19.0 Å². The van der Waals surface area contributed by atoms with Crippen LogP contribution in [0.25, 0.3) is 0 Å². The van der Waals surface area contributed by atoms with E-state index in [1.54, 1.807) is 0 Å². The van der Waals surface area contributed by atoms with E-state index >= 15 is 0 Å². The van der Waals surface area contributed by atoms with Crippen molar-refractivity contribution in [3.05, 3.63) is 0 Å². The molecule has 0 aromatic heterocycles. The number of carbonyl (C=O) groups excluding carboxylic acids is 1. The summed E-state index contributed by atoms with van der Waals surface area (Å²) in [4.78, 5) is 14.1. The average molecular weight is 243 g/mol. The van der Waals surface area contributed by atoms with Gasteiger partial charge in [-0.25, -0.2) is 0 Å². The molecule has 0 unspecified atom stereocenters. The van der Waals surface area contributed by atoms with Crippen molar-refractivity contribution in [1.29, 1.82) is 0 Å². The first-order valence-electron chi connectivity index (χ1n) is 6.74. The quantitative estimate of drug-likeness (QED) is 0.767. The highest BCUT2D eigenvalue weighted by Crippen LogP contribution is 2.18. The second kappa shape index (κ2) is 7.67. The van der Waals surface area contributed by atoms with Crippen LogP contribution in [0.2, 0.25) is 0 Å². The molecule has 1 saturated heterocycles. The minimum Gasteiger partial charge on any atom is -0.394 e. The number of rotatable bonds is 6. The standard InChI is InChI=1S/C13H25NO3/c1-3-11(4-2)13(16)14-7-5-12(6-8-14)17-10-9-15/h11-12,15H,3-10H2,1-2H3. The van der Waals surface area contributed by atoms with Crippen LogP contribution in [0.3, 0.4) is 0 Å². The first kappa shape index (κ1) is 14.5. The minimum atomic E-state index is 0.0763. The maximum Gasteiger partial charge on any atom is 0.225 e. The molecule has 0 aliphatic carbocycles. The Bertz CT molecular complexity index is 221. The van der Waals surface area contributed by atoms with Gasteiger partial charge in [-0.1, -0.05) is 13.8 Å². The van der Waals surface area contributed by atoms with Crippen molar-refractivity contribution in [2.45, 2.75) is 45.6 Å². The van der Waals surface area contributed by atoms with Crippen molar-refractivity contribution in [3.63, 3.8) is 0 Å². The van der Waals surface area contributed by atoms with E-state index in [-0.39, 0.29) is 18.6 Å². The predicted octanol–water partition coefficient (Wildman–Crippen LogP) is 1.42. The van der Waals surface area contributed by atoms with Crippen LogP contribution in [-0.4, -0.2) is 48.3 Å². The van der Waals surface area contributed by atoms with Crippen molar-refractivity contribution < 1.29 is 14.6 Å². The summed E-state index contributed by atoms with van der Waals surface area (Å²) < 4.78 is 5.49. The predicted molar refractivity (Wildman–Crippen MR) is 66.7 cm³/mol. The second-order valence-electron chi connectivity index (χ2n) is 4.63. The molecule has 17 heavy (non-hydrogen) atoms. The fourth-order valence-corrected chi connectivity index (χ4v) is 2.36. The first-order chi connectivity index (χ1) is 8.22. The van der Waals surface area contributed by atoms with Crippen LogP contribution < -0.4 is 0 Å². The van der Waals surface area contributed by atoms with Gasteiger partial charge in [-0.2, -0.15) is 0 Å². The molecule has 0 saturated carbocycles. The number of ether oxygens (including phenoxy) is 1. The Balaban J connectivity index is 2.33. The van der Waals surface area contributed by atoms with Gasteiger partial charge in [0.05, 0.1) is 19.3 Å². The summed E-state index contributed by atoms with van der Waals surface area (Å²) in [6.45, 7) is 6.22. The lowest BCUT2D eigenvalue weighted by Crippen LogP contribution is -2.43.